The highest BCUT2D eigenvalue weighted by Crippen LogP contribution is 2.03. The van der Waals surface area contributed by atoms with Gasteiger partial charge >= 0.3 is 0 Å². The van der Waals surface area contributed by atoms with Gasteiger partial charge in [0.25, 0.3) is 0 Å². The summed E-state index contributed by atoms with van der Waals surface area (Å²) in [5.41, 5.74) is 0. The van der Waals surface area contributed by atoms with Crippen LogP contribution in [0.5, 0.6) is 0 Å². The van der Waals surface area contributed by atoms with Crippen LogP contribution in [0.3, 0.4) is 0 Å². The van der Waals surface area contributed by atoms with E-state index < -0.39 is 0 Å². The van der Waals surface area contributed by atoms with E-state index in [1.165, 1.54) is 51.7 Å². The third-order valence-electron chi connectivity index (χ3n) is 3.20. The fraction of sp³-hybridized carbons (Fsp3) is 1.00. The summed E-state index contributed by atoms with van der Waals surface area (Å²) in [6, 6.07) is 0.717. The van der Waals surface area contributed by atoms with Crippen molar-refractivity contribution in [3.63, 3.8) is 0 Å². The summed E-state index contributed by atoms with van der Waals surface area (Å²) in [5, 5.41) is 3.37. The molecule has 0 radical (unpaired) electrons. The lowest BCUT2D eigenvalue weighted by Gasteiger charge is -2.21. The molecule has 0 aromatic carbocycles. The van der Waals surface area contributed by atoms with Crippen LogP contribution < -0.4 is 5.32 Å². The van der Waals surface area contributed by atoms with Crippen LogP contribution in [0.4, 0.5) is 0 Å². The second kappa shape index (κ2) is 10.4. The molecule has 1 unspecified atom stereocenters. The number of rotatable bonds is 10. The van der Waals surface area contributed by atoms with Crippen LogP contribution in [0.2, 0.25) is 0 Å². The Bertz CT molecular complexity index is 122. The van der Waals surface area contributed by atoms with Crippen molar-refractivity contribution in [1.82, 2.24) is 10.2 Å². The molecule has 2 nitrogen and oxygen atoms in total. The lowest BCUT2D eigenvalue weighted by atomic mass is 10.1. The first-order chi connectivity index (χ1) is 7.28. The molecular weight excluding hydrogens is 184 g/mol. The summed E-state index contributed by atoms with van der Waals surface area (Å²) < 4.78 is 0. The van der Waals surface area contributed by atoms with Gasteiger partial charge in [-0.05, 0) is 52.4 Å². The average Bonchev–Trinajstić information content (AvgIpc) is 2.28. The summed E-state index contributed by atoms with van der Waals surface area (Å²) in [5.74, 6) is 0. The Labute approximate surface area is 96.4 Å². The summed E-state index contributed by atoms with van der Waals surface area (Å²) in [7, 11) is 2.07. The van der Waals surface area contributed by atoms with Gasteiger partial charge in [0.2, 0.25) is 0 Å². The molecule has 2 heteroatoms. The average molecular weight is 214 g/mol. The molecular formula is C13H30N2. The minimum Gasteiger partial charge on any atom is -0.317 e. The molecule has 15 heavy (non-hydrogen) atoms. The van der Waals surface area contributed by atoms with Crippen molar-refractivity contribution in [2.24, 2.45) is 0 Å². The predicted molar refractivity (Wildman–Crippen MR) is 69.4 cm³/mol. The second-order valence-corrected chi connectivity index (χ2v) is 4.32. The Morgan fingerprint density at radius 2 is 1.73 bits per heavy atom. The van der Waals surface area contributed by atoms with Crippen molar-refractivity contribution in [2.75, 3.05) is 26.7 Å². The molecule has 0 aliphatic heterocycles. The lowest BCUT2D eigenvalue weighted by Crippen LogP contribution is -2.29. The maximum atomic E-state index is 3.37. The zero-order valence-corrected chi connectivity index (χ0v) is 11.2. The first-order valence-electron chi connectivity index (χ1n) is 6.68. The Balaban J connectivity index is 3.52. The summed E-state index contributed by atoms with van der Waals surface area (Å²) in [6.07, 6.45) is 6.55. The molecule has 0 saturated heterocycles. The third kappa shape index (κ3) is 7.80. The standard InChI is InChI=1S/C13H30N2/c1-5-8-11-15(7-3)12-9-10-13(6-2)14-4/h13-14H,5-12H2,1-4H3. The highest BCUT2D eigenvalue weighted by Gasteiger charge is 2.05. The number of hydrogen-bond donors (Lipinski definition) is 1. The number of nitrogens with zero attached hydrogens (tertiary/aromatic N) is 1. The van der Waals surface area contributed by atoms with Crippen LogP contribution in [-0.2, 0) is 0 Å². The minimum atomic E-state index is 0.717. The molecule has 0 aromatic heterocycles. The first kappa shape index (κ1) is 14.9. The number of nitrogens with one attached hydrogen (secondary N) is 1. The molecule has 0 bridgehead atoms. The molecule has 0 aliphatic carbocycles. The van der Waals surface area contributed by atoms with Gasteiger partial charge in [-0.25, -0.2) is 0 Å². The lowest BCUT2D eigenvalue weighted by molar-refractivity contribution is 0.271. The van der Waals surface area contributed by atoms with Crippen LogP contribution in [0.25, 0.3) is 0 Å². The quantitative estimate of drug-likeness (QED) is 0.601. The van der Waals surface area contributed by atoms with E-state index in [0.29, 0.717) is 0 Å². The molecule has 0 amide bonds. The van der Waals surface area contributed by atoms with Crippen LogP contribution in [0.15, 0.2) is 0 Å². The van der Waals surface area contributed by atoms with E-state index in [0.717, 1.165) is 6.04 Å². The predicted octanol–water partition coefficient (Wildman–Crippen LogP) is 2.89. The van der Waals surface area contributed by atoms with E-state index in [4.69, 9.17) is 0 Å². The van der Waals surface area contributed by atoms with Crippen LogP contribution in [-0.4, -0.2) is 37.6 Å². The fourth-order valence-electron chi connectivity index (χ4n) is 1.92. The van der Waals surface area contributed by atoms with Crippen LogP contribution in [0, 0.1) is 0 Å². The highest BCUT2D eigenvalue weighted by molar-refractivity contribution is 4.64. The van der Waals surface area contributed by atoms with Crippen molar-refractivity contribution in [1.29, 1.82) is 0 Å². The zero-order valence-electron chi connectivity index (χ0n) is 11.2. The van der Waals surface area contributed by atoms with Gasteiger partial charge in [0.15, 0.2) is 0 Å². The van der Waals surface area contributed by atoms with Gasteiger partial charge in [0, 0.05) is 6.04 Å². The number of unbranched alkanes of at least 4 members (excludes halogenated alkanes) is 1. The third-order valence-corrected chi connectivity index (χ3v) is 3.20. The van der Waals surface area contributed by atoms with Crippen molar-refractivity contribution in [3.05, 3.63) is 0 Å². The topological polar surface area (TPSA) is 15.3 Å². The van der Waals surface area contributed by atoms with Crippen molar-refractivity contribution in [3.8, 4) is 0 Å². The minimum absolute atomic E-state index is 0.717. The van der Waals surface area contributed by atoms with E-state index in [1.807, 2.05) is 0 Å². The van der Waals surface area contributed by atoms with E-state index in [2.05, 4.69) is 38.0 Å². The van der Waals surface area contributed by atoms with Crippen molar-refractivity contribution >= 4 is 0 Å². The smallest absolute Gasteiger partial charge is 0.00619 e. The van der Waals surface area contributed by atoms with Crippen LogP contribution in [0.1, 0.15) is 52.9 Å². The molecule has 0 spiro atoms. The van der Waals surface area contributed by atoms with Gasteiger partial charge in [0.05, 0.1) is 0 Å². The molecule has 1 atom stereocenters. The van der Waals surface area contributed by atoms with Gasteiger partial charge in [0.1, 0.15) is 0 Å². The Kier molecular flexibility index (Phi) is 10.4. The molecule has 0 heterocycles. The van der Waals surface area contributed by atoms with Gasteiger partial charge < -0.3 is 10.2 Å². The van der Waals surface area contributed by atoms with Gasteiger partial charge in [-0.3, -0.25) is 0 Å². The summed E-state index contributed by atoms with van der Waals surface area (Å²) in [6.45, 7) is 10.6. The van der Waals surface area contributed by atoms with E-state index in [1.54, 1.807) is 0 Å². The molecule has 0 aliphatic rings. The van der Waals surface area contributed by atoms with Crippen molar-refractivity contribution in [2.45, 2.75) is 58.9 Å². The monoisotopic (exact) mass is 214 g/mol. The molecule has 1 N–H and O–H groups in total. The van der Waals surface area contributed by atoms with Gasteiger partial charge in [-0.2, -0.15) is 0 Å². The first-order valence-corrected chi connectivity index (χ1v) is 6.68. The normalized spacial score (nSPS) is 13.4. The van der Waals surface area contributed by atoms with Crippen molar-refractivity contribution < 1.29 is 0 Å². The van der Waals surface area contributed by atoms with E-state index in [9.17, 15) is 0 Å². The Morgan fingerprint density at radius 1 is 1.07 bits per heavy atom. The Hall–Kier alpha value is -0.0800. The molecule has 92 valence electrons. The largest absolute Gasteiger partial charge is 0.317 e. The molecule has 0 saturated carbocycles. The second-order valence-electron chi connectivity index (χ2n) is 4.32. The van der Waals surface area contributed by atoms with Gasteiger partial charge in [-0.1, -0.05) is 27.2 Å². The fourth-order valence-corrected chi connectivity index (χ4v) is 1.92. The molecule has 0 fully saturated rings. The highest BCUT2D eigenvalue weighted by atomic mass is 15.1. The summed E-state index contributed by atoms with van der Waals surface area (Å²) in [4.78, 5) is 2.58. The van der Waals surface area contributed by atoms with Crippen LogP contribution >= 0.6 is 0 Å². The van der Waals surface area contributed by atoms with E-state index >= 15 is 0 Å². The summed E-state index contributed by atoms with van der Waals surface area (Å²) >= 11 is 0. The van der Waals surface area contributed by atoms with Gasteiger partial charge in [-0.15, -0.1) is 0 Å². The zero-order chi connectivity index (χ0) is 11.5. The molecule has 0 rings (SSSR count). The SMILES string of the molecule is CCCCN(CC)CCCC(CC)NC. The Morgan fingerprint density at radius 3 is 2.20 bits per heavy atom. The molecule has 0 aromatic rings. The van der Waals surface area contributed by atoms with E-state index in [-0.39, 0.29) is 0 Å². The number of hydrogen-bond acceptors (Lipinski definition) is 2. The maximum absolute atomic E-state index is 3.37. The maximum Gasteiger partial charge on any atom is 0.00619 e.